The van der Waals surface area contributed by atoms with Crippen molar-refractivity contribution in [3.8, 4) is 0 Å². The smallest absolute Gasteiger partial charge is 0.407 e. The average molecular weight is 591 g/mol. The van der Waals surface area contributed by atoms with Gasteiger partial charge >= 0.3 is 6.09 Å². The molecule has 0 aliphatic heterocycles. The monoisotopic (exact) mass is 590 g/mol. The molecule has 41 heavy (non-hydrogen) atoms. The molecular weight excluding hydrogens is 536 g/mol. The number of imidazole rings is 1. The van der Waals surface area contributed by atoms with Gasteiger partial charge in [0.15, 0.2) is 0 Å². The van der Waals surface area contributed by atoms with Crippen LogP contribution in [-0.4, -0.2) is 34.6 Å². The van der Waals surface area contributed by atoms with Gasteiger partial charge in [0.2, 0.25) is 0 Å². The molecule has 2 N–H and O–H groups in total. The summed E-state index contributed by atoms with van der Waals surface area (Å²) in [6.45, 7) is 4.31. The van der Waals surface area contributed by atoms with E-state index in [0.717, 1.165) is 25.8 Å². The van der Waals surface area contributed by atoms with Gasteiger partial charge in [0.1, 0.15) is 6.61 Å². The van der Waals surface area contributed by atoms with Crippen LogP contribution in [0, 0.1) is 0 Å². The molecule has 232 valence electrons. The summed E-state index contributed by atoms with van der Waals surface area (Å²) < 4.78 is 7.31. The number of hydrogen-bond acceptors (Lipinski definition) is 4. The molecule has 7 nitrogen and oxygen atoms in total. The standard InChI is InChI=1S/C33H54N4O3.ClH/c1-2-3-4-5-6-7-8-9-10-11-12-13-14-15-16-19-23-35-32(38)31-22-18-17-21-30(31)28-40-33(39)36-24-20-26-37-27-25-34-29-37;/h17-18,21-22,25,27,29H,2-16,19-20,23-24,26,28H2,1H3,(H,35,38)(H,36,39);1H. The largest absolute Gasteiger partial charge is 0.445 e. The van der Waals surface area contributed by atoms with Crippen molar-refractivity contribution in [2.75, 3.05) is 13.1 Å². The zero-order valence-corrected chi connectivity index (χ0v) is 26.2. The van der Waals surface area contributed by atoms with Crippen LogP contribution >= 0.6 is 12.4 Å². The van der Waals surface area contributed by atoms with Crippen molar-refractivity contribution >= 4 is 24.4 Å². The lowest BCUT2D eigenvalue weighted by Gasteiger charge is -2.11. The van der Waals surface area contributed by atoms with Crippen LogP contribution in [0.3, 0.4) is 0 Å². The first-order valence-electron chi connectivity index (χ1n) is 15.9. The fourth-order valence-electron chi connectivity index (χ4n) is 4.90. The molecule has 1 aromatic heterocycles. The van der Waals surface area contributed by atoms with Gasteiger partial charge < -0.3 is 19.9 Å². The minimum absolute atomic E-state index is 0. The molecule has 0 aliphatic carbocycles. The van der Waals surface area contributed by atoms with Crippen molar-refractivity contribution < 1.29 is 14.3 Å². The second kappa shape index (κ2) is 25.2. The molecule has 0 saturated heterocycles. The molecule has 2 rings (SSSR count). The number of ether oxygens (including phenoxy) is 1. The first-order chi connectivity index (χ1) is 19.7. The molecule has 2 aromatic rings. The van der Waals surface area contributed by atoms with Crippen molar-refractivity contribution in [3.05, 3.63) is 54.1 Å². The zero-order chi connectivity index (χ0) is 28.5. The maximum absolute atomic E-state index is 12.7. The molecule has 1 heterocycles. The lowest BCUT2D eigenvalue weighted by Crippen LogP contribution is -2.27. The third-order valence-electron chi connectivity index (χ3n) is 7.36. The van der Waals surface area contributed by atoms with Crippen LogP contribution in [0.2, 0.25) is 0 Å². The molecular formula is C33H55ClN4O3. The SMILES string of the molecule is CCCCCCCCCCCCCCCCCCNC(=O)c1ccccc1COC(=O)NCCCn1ccnc1.Cl. The van der Waals surface area contributed by atoms with E-state index in [-0.39, 0.29) is 24.9 Å². The summed E-state index contributed by atoms with van der Waals surface area (Å²) in [6, 6.07) is 7.30. The van der Waals surface area contributed by atoms with E-state index in [2.05, 4.69) is 22.5 Å². The number of unbranched alkanes of at least 4 members (excludes halogenated alkanes) is 15. The normalized spacial score (nSPS) is 10.7. The summed E-state index contributed by atoms with van der Waals surface area (Å²) >= 11 is 0. The molecule has 0 fully saturated rings. The van der Waals surface area contributed by atoms with Crippen molar-refractivity contribution in [3.63, 3.8) is 0 Å². The minimum Gasteiger partial charge on any atom is -0.445 e. The number of rotatable bonds is 24. The van der Waals surface area contributed by atoms with Crippen molar-refractivity contribution in [2.24, 2.45) is 0 Å². The van der Waals surface area contributed by atoms with Gasteiger partial charge in [-0.2, -0.15) is 0 Å². The highest BCUT2D eigenvalue weighted by atomic mass is 35.5. The third-order valence-corrected chi connectivity index (χ3v) is 7.36. The van der Waals surface area contributed by atoms with Gasteiger partial charge in [-0.25, -0.2) is 9.78 Å². The van der Waals surface area contributed by atoms with Crippen LogP contribution in [-0.2, 0) is 17.9 Å². The number of amides is 2. The second-order valence-corrected chi connectivity index (χ2v) is 10.9. The molecule has 0 radical (unpaired) electrons. The molecule has 8 heteroatoms. The Morgan fingerprint density at radius 2 is 1.32 bits per heavy atom. The lowest BCUT2D eigenvalue weighted by molar-refractivity contribution is 0.0946. The maximum Gasteiger partial charge on any atom is 0.407 e. The number of aryl methyl sites for hydroxylation is 1. The highest BCUT2D eigenvalue weighted by Crippen LogP contribution is 2.14. The number of nitrogens with one attached hydrogen (secondary N) is 2. The van der Waals surface area contributed by atoms with E-state index in [0.29, 0.717) is 24.2 Å². The average Bonchev–Trinajstić information content (AvgIpc) is 3.49. The molecule has 0 atom stereocenters. The van der Waals surface area contributed by atoms with Gasteiger partial charge in [-0.05, 0) is 18.9 Å². The molecule has 0 bridgehead atoms. The Bertz CT molecular complexity index is 908. The summed E-state index contributed by atoms with van der Waals surface area (Å²) in [7, 11) is 0. The van der Waals surface area contributed by atoms with Gasteiger partial charge in [0.25, 0.3) is 5.91 Å². The predicted molar refractivity (Wildman–Crippen MR) is 171 cm³/mol. The molecule has 0 unspecified atom stereocenters. The van der Waals surface area contributed by atoms with Crippen LogP contribution in [0.15, 0.2) is 43.0 Å². The van der Waals surface area contributed by atoms with Gasteiger partial charge in [-0.3, -0.25) is 4.79 Å². The Kier molecular flexibility index (Phi) is 22.4. The first kappa shape index (κ1) is 36.5. The van der Waals surface area contributed by atoms with E-state index in [9.17, 15) is 9.59 Å². The fraction of sp³-hybridized carbons (Fsp3) is 0.667. The molecule has 0 saturated carbocycles. The number of hydrogen-bond donors (Lipinski definition) is 2. The summed E-state index contributed by atoms with van der Waals surface area (Å²) in [4.78, 5) is 28.8. The van der Waals surface area contributed by atoms with Crippen molar-refractivity contribution in [1.82, 2.24) is 20.2 Å². The highest BCUT2D eigenvalue weighted by molar-refractivity contribution is 5.95. The van der Waals surface area contributed by atoms with Crippen molar-refractivity contribution in [2.45, 2.75) is 129 Å². The Balaban J connectivity index is 0.00000840. The van der Waals surface area contributed by atoms with E-state index in [4.69, 9.17) is 4.74 Å². The lowest BCUT2D eigenvalue weighted by atomic mass is 10.0. The van der Waals surface area contributed by atoms with E-state index in [1.807, 2.05) is 29.0 Å². The highest BCUT2D eigenvalue weighted by Gasteiger charge is 2.12. The molecule has 1 aromatic carbocycles. The van der Waals surface area contributed by atoms with Crippen molar-refractivity contribution in [1.29, 1.82) is 0 Å². The van der Waals surface area contributed by atoms with Crippen LogP contribution in [0.5, 0.6) is 0 Å². The van der Waals surface area contributed by atoms with Crippen LogP contribution in [0.4, 0.5) is 4.79 Å². The number of alkyl carbamates (subject to hydrolysis) is 1. The van der Waals surface area contributed by atoms with E-state index in [1.54, 1.807) is 18.6 Å². The Labute approximate surface area is 255 Å². The number of aromatic nitrogens is 2. The molecule has 0 spiro atoms. The molecule has 2 amide bonds. The zero-order valence-electron chi connectivity index (χ0n) is 25.4. The second-order valence-electron chi connectivity index (χ2n) is 10.9. The van der Waals surface area contributed by atoms with E-state index >= 15 is 0 Å². The Morgan fingerprint density at radius 1 is 0.756 bits per heavy atom. The summed E-state index contributed by atoms with van der Waals surface area (Å²) in [5.74, 6) is -0.110. The maximum atomic E-state index is 12.7. The summed E-state index contributed by atoms with van der Waals surface area (Å²) in [5, 5.41) is 5.78. The van der Waals surface area contributed by atoms with Crippen LogP contribution < -0.4 is 10.6 Å². The van der Waals surface area contributed by atoms with Gasteiger partial charge in [-0.1, -0.05) is 121 Å². The third kappa shape index (κ3) is 18.5. The summed E-state index contributed by atoms with van der Waals surface area (Å²) in [6.07, 6.45) is 27.0. The predicted octanol–water partition coefficient (Wildman–Crippen LogP) is 8.61. The minimum atomic E-state index is -0.478. The molecule has 0 aliphatic rings. The number of carbonyl (C=O) groups excluding carboxylic acids is 2. The quantitative estimate of drug-likeness (QED) is 0.120. The van der Waals surface area contributed by atoms with Gasteiger partial charge in [0, 0.05) is 43.2 Å². The van der Waals surface area contributed by atoms with Crippen LogP contribution in [0.25, 0.3) is 0 Å². The van der Waals surface area contributed by atoms with Crippen LogP contribution in [0.1, 0.15) is 132 Å². The van der Waals surface area contributed by atoms with E-state index < -0.39 is 6.09 Å². The number of nitrogens with zero attached hydrogens (tertiary/aromatic N) is 2. The number of halogens is 1. The van der Waals surface area contributed by atoms with Gasteiger partial charge in [-0.15, -0.1) is 12.4 Å². The summed E-state index contributed by atoms with van der Waals surface area (Å²) in [5.41, 5.74) is 1.27. The number of carbonyl (C=O) groups is 2. The first-order valence-corrected chi connectivity index (χ1v) is 15.9. The number of benzene rings is 1. The van der Waals surface area contributed by atoms with E-state index in [1.165, 1.54) is 89.9 Å². The van der Waals surface area contributed by atoms with Gasteiger partial charge in [0.05, 0.1) is 6.33 Å². The fourth-order valence-corrected chi connectivity index (χ4v) is 4.90. The Hall–Kier alpha value is -2.54. The topological polar surface area (TPSA) is 85.2 Å². The Morgan fingerprint density at radius 3 is 1.90 bits per heavy atom.